The van der Waals surface area contributed by atoms with Gasteiger partial charge in [-0.15, -0.1) is 0 Å². The molecule has 0 bridgehead atoms. The van der Waals surface area contributed by atoms with Gasteiger partial charge >= 0.3 is 0 Å². The van der Waals surface area contributed by atoms with E-state index in [1.165, 1.54) is 25.5 Å². The number of rotatable bonds is 9. The highest BCUT2D eigenvalue weighted by atomic mass is 79.9. The van der Waals surface area contributed by atoms with Crippen LogP contribution in [0.15, 0.2) is 107 Å². The largest absolute Gasteiger partial charge is 0.493 e. The molecule has 0 saturated heterocycles. The standard InChI is InChI=1S/C29H24BrFN2O4/c1-36-26-16-21(25(30)17-27(26)37-19-20-12-14-24(31)15-13-20)18-32-33-28(34)29(35,22-8-4-2-5-9-22)23-10-6-3-7-11-23/h2-18,35H,19H2,1H3,(H,33,34)/b32-18-. The molecular formula is C29H24BrFN2O4. The van der Waals surface area contributed by atoms with Gasteiger partial charge in [0, 0.05) is 10.0 Å². The molecule has 1 amide bonds. The SMILES string of the molecule is COc1cc(/C=N\NC(=O)C(O)(c2ccccc2)c2ccccc2)c(Br)cc1OCc1ccc(F)cc1. The Balaban J connectivity index is 1.52. The topological polar surface area (TPSA) is 80.2 Å². The minimum Gasteiger partial charge on any atom is -0.493 e. The lowest BCUT2D eigenvalue weighted by molar-refractivity contribution is -0.136. The molecule has 0 saturated carbocycles. The monoisotopic (exact) mass is 562 g/mol. The number of hydrazone groups is 1. The molecule has 0 radical (unpaired) electrons. The molecule has 4 aromatic rings. The van der Waals surface area contributed by atoms with Gasteiger partial charge in [0.2, 0.25) is 0 Å². The maximum absolute atomic E-state index is 13.2. The summed E-state index contributed by atoms with van der Waals surface area (Å²) in [5.74, 6) is -0.0974. The van der Waals surface area contributed by atoms with Crippen LogP contribution in [0.2, 0.25) is 0 Å². The first-order chi connectivity index (χ1) is 17.9. The van der Waals surface area contributed by atoms with Gasteiger partial charge in [0.25, 0.3) is 5.91 Å². The molecule has 188 valence electrons. The van der Waals surface area contributed by atoms with E-state index >= 15 is 0 Å². The lowest BCUT2D eigenvalue weighted by atomic mass is 9.85. The fraction of sp³-hybridized carbons (Fsp3) is 0.103. The van der Waals surface area contributed by atoms with E-state index in [9.17, 15) is 14.3 Å². The molecular weight excluding hydrogens is 539 g/mol. The summed E-state index contributed by atoms with van der Waals surface area (Å²) in [6.07, 6.45) is 1.44. The molecule has 0 fully saturated rings. The molecule has 0 aliphatic rings. The molecule has 6 nitrogen and oxygen atoms in total. The molecule has 0 atom stereocenters. The van der Waals surface area contributed by atoms with Gasteiger partial charge in [-0.2, -0.15) is 5.10 Å². The van der Waals surface area contributed by atoms with Gasteiger partial charge in [-0.3, -0.25) is 4.79 Å². The predicted molar refractivity (Wildman–Crippen MR) is 143 cm³/mol. The Morgan fingerprint density at radius 3 is 2.14 bits per heavy atom. The number of methoxy groups -OCH3 is 1. The van der Waals surface area contributed by atoms with Crippen LogP contribution in [-0.2, 0) is 17.0 Å². The van der Waals surface area contributed by atoms with Gasteiger partial charge < -0.3 is 14.6 Å². The Hall–Kier alpha value is -4.01. The van der Waals surface area contributed by atoms with Crippen molar-refractivity contribution in [1.29, 1.82) is 0 Å². The number of ether oxygens (including phenoxy) is 2. The molecule has 37 heavy (non-hydrogen) atoms. The first-order valence-corrected chi connectivity index (χ1v) is 12.1. The second kappa shape index (κ2) is 11.8. The lowest BCUT2D eigenvalue weighted by Crippen LogP contribution is -2.43. The molecule has 0 spiro atoms. The molecule has 4 rings (SSSR count). The van der Waals surface area contributed by atoms with Gasteiger partial charge in [-0.05, 0) is 56.9 Å². The van der Waals surface area contributed by atoms with Crippen LogP contribution in [0, 0.1) is 5.82 Å². The van der Waals surface area contributed by atoms with Crippen molar-refractivity contribution in [3.63, 3.8) is 0 Å². The Kier molecular flexibility index (Phi) is 8.32. The average Bonchev–Trinajstić information content (AvgIpc) is 2.94. The van der Waals surface area contributed by atoms with Crippen LogP contribution in [-0.4, -0.2) is 24.3 Å². The second-order valence-corrected chi connectivity index (χ2v) is 8.94. The van der Waals surface area contributed by atoms with E-state index in [-0.39, 0.29) is 12.4 Å². The predicted octanol–water partition coefficient (Wildman–Crippen LogP) is 5.56. The van der Waals surface area contributed by atoms with Crippen molar-refractivity contribution in [3.8, 4) is 11.5 Å². The summed E-state index contributed by atoms with van der Waals surface area (Å²) < 4.78 is 25.1. The van der Waals surface area contributed by atoms with Crippen molar-refractivity contribution in [2.24, 2.45) is 5.10 Å². The highest BCUT2D eigenvalue weighted by molar-refractivity contribution is 9.10. The van der Waals surface area contributed by atoms with Crippen LogP contribution in [0.3, 0.4) is 0 Å². The first-order valence-electron chi connectivity index (χ1n) is 11.3. The number of nitrogens with one attached hydrogen (secondary N) is 1. The number of hydrogen-bond acceptors (Lipinski definition) is 5. The quantitative estimate of drug-likeness (QED) is 0.207. The summed E-state index contributed by atoms with van der Waals surface area (Å²) in [6, 6.07) is 26.8. The number of carbonyl (C=O) groups is 1. The van der Waals surface area contributed by atoms with Crippen LogP contribution in [0.5, 0.6) is 11.5 Å². The molecule has 0 heterocycles. The number of amides is 1. The van der Waals surface area contributed by atoms with Crippen LogP contribution in [0.4, 0.5) is 4.39 Å². The number of hydrogen-bond donors (Lipinski definition) is 2. The second-order valence-electron chi connectivity index (χ2n) is 8.08. The summed E-state index contributed by atoms with van der Waals surface area (Å²) in [4.78, 5) is 13.2. The summed E-state index contributed by atoms with van der Waals surface area (Å²) in [5.41, 5.74) is 2.76. The van der Waals surface area contributed by atoms with Crippen LogP contribution in [0.1, 0.15) is 22.3 Å². The highest BCUT2D eigenvalue weighted by Crippen LogP contribution is 2.34. The van der Waals surface area contributed by atoms with Crippen LogP contribution < -0.4 is 14.9 Å². The minimum atomic E-state index is -1.94. The zero-order chi connectivity index (χ0) is 26.3. The van der Waals surface area contributed by atoms with Gasteiger partial charge in [0.1, 0.15) is 12.4 Å². The summed E-state index contributed by atoms with van der Waals surface area (Å²) in [5, 5.41) is 15.6. The van der Waals surface area contributed by atoms with Crippen molar-refractivity contribution in [3.05, 3.63) is 130 Å². The summed E-state index contributed by atoms with van der Waals surface area (Å²) >= 11 is 3.49. The molecule has 8 heteroatoms. The van der Waals surface area contributed by atoms with Crippen LogP contribution >= 0.6 is 15.9 Å². The van der Waals surface area contributed by atoms with Gasteiger partial charge in [-0.25, -0.2) is 9.82 Å². The van der Waals surface area contributed by atoms with Gasteiger partial charge in [0.05, 0.1) is 13.3 Å². The third-order valence-corrected chi connectivity index (χ3v) is 6.36. The minimum absolute atomic E-state index is 0.226. The van der Waals surface area contributed by atoms with Crippen molar-refractivity contribution >= 4 is 28.1 Å². The Morgan fingerprint density at radius 2 is 1.57 bits per heavy atom. The van der Waals surface area contributed by atoms with E-state index in [0.29, 0.717) is 32.7 Å². The van der Waals surface area contributed by atoms with E-state index in [1.807, 2.05) is 12.1 Å². The van der Waals surface area contributed by atoms with Crippen molar-refractivity contribution in [1.82, 2.24) is 5.43 Å². The first kappa shape index (κ1) is 26.1. The highest BCUT2D eigenvalue weighted by Gasteiger charge is 2.39. The Bertz CT molecular complexity index is 1340. The molecule has 2 N–H and O–H groups in total. The third-order valence-electron chi connectivity index (χ3n) is 5.67. The van der Waals surface area contributed by atoms with Crippen molar-refractivity contribution in [2.45, 2.75) is 12.2 Å². The van der Waals surface area contributed by atoms with E-state index in [4.69, 9.17) is 9.47 Å². The summed E-state index contributed by atoms with van der Waals surface area (Å²) in [6.45, 7) is 0.226. The third kappa shape index (κ3) is 6.04. The summed E-state index contributed by atoms with van der Waals surface area (Å²) in [7, 11) is 1.51. The number of benzene rings is 4. The van der Waals surface area contributed by atoms with Crippen LogP contribution in [0.25, 0.3) is 0 Å². The molecule has 0 aromatic heterocycles. The van der Waals surface area contributed by atoms with E-state index in [1.54, 1.807) is 72.8 Å². The molecule has 0 aliphatic carbocycles. The van der Waals surface area contributed by atoms with Crippen molar-refractivity contribution in [2.75, 3.05) is 7.11 Å². The van der Waals surface area contributed by atoms with E-state index < -0.39 is 11.5 Å². The molecule has 4 aromatic carbocycles. The lowest BCUT2D eigenvalue weighted by Gasteiger charge is -2.27. The normalized spacial score (nSPS) is 11.4. The zero-order valence-electron chi connectivity index (χ0n) is 19.9. The van der Waals surface area contributed by atoms with Gasteiger partial charge in [0.15, 0.2) is 17.1 Å². The maximum Gasteiger partial charge on any atom is 0.281 e. The smallest absolute Gasteiger partial charge is 0.281 e. The average molecular weight is 563 g/mol. The number of nitrogens with zero attached hydrogens (tertiary/aromatic N) is 1. The zero-order valence-corrected chi connectivity index (χ0v) is 21.5. The van der Waals surface area contributed by atoms with Crippen molar-refractivity contribution < 1.29 is 23.8 Å². The fourth-order valence-electron chi connectivity index (χ4n) is 3.69. The number of carbonyl (C=O) groups excluding carboxylic acids is 1. The van der Waals surface area contributed by atoms with E-state index in [2.05, 4.69) is 26.5 Å². The van der Waals surface area contributed by atoms with E-state index in [0.717, 1.165) is 5.56 Å². The number of aliphatic hydroxyl groups is 1. The molecule has 0 aliphatic heterocycles. The number of halogens is 2. The van der Waals surface area contributed by atoms with Gasteiger partial charge in [-0.1, -0.05) is 72.8 Å². The molecule has 0 unspecified atom stereocenters. The maximum atomic E-state index is 13.2. The Labute approximate surface area is 222 Å². The Morgan fingerprint density at radius 1 is 0.973 bits per heavy atom. The fourth-order valence-corrected chi connectivity index (χ4v) is 4.12.